The molecule has 0 aromatic heterocycles. The predicted octanol–water partition coefficient (Wildman–Crippen LogP) is 12.4. The first-order chi connectivity index (χ1) is 30.3. The minimum absolute atomic E-state index is 0.000926. The van der Waals surface area contributed by atoms with E-state index in [4.69, 9.17) is 85.9 Å². The van der Waals surface area contributed by atoms with Gasteiger partial charge in [0.05, 0.1) is 38.2 Å². The van der Waals surface area contributed by atoms with Crippen LogP contribution in [0.2, 0.25) is 30.1 Å². The van der Waals surface area contributed by atoms with Gasteiger partial charge in [0.15, 0.2) is 17.1 Å². The second-order valence-corrected chi connectivity index (χ2v) is 16.5. The highest BCUT2D eigenvalue weighted by molar-refractivity contribution is 6.37. The van der Waals surface area contributed by atoms with Crippen molar-refractivity contribution >= 4 is 151 Å². The average molecular weight is 1010 g/mol. The Kier molecular flexibility index (Phi) is 17.2. The molecule has 0 aliphatic rings. The van der Waals surface area contributed by atoms with Crippen molar-refractivity contribution < 1.29 is 33.5 Å². The van der Waals surface area contributed by atoms with E-state index < -0.39 is 52.8 Å². The van der Waals surface area contributed by atoms with Gasteiger partial charge in [0.2, 0.25) is 12.1 Å². The number of nitrogens with one attached hydrogen (secondary N) is 4. The van der Waals surface area contributed by atoms with E-state index in [-0.39, 0.29) is 49.7 Å². The highest BCUT2D eigenvalue weighted by Gasteiger charge is 2.27. The number of benzene rings is 5. The van der Waals surface area contributed by atoms with E-state index in [0.29, 0.717) is 31.5 Å². The van der Waals surface area contributed by atoms with Crippen LogP contribution in [0.4, 0.5) is 34.1 Å². The number of anilines is 4. The molecule has 22 heteroatoms. The molecule has 3 unspecified atom stereocenters. The van der Waals surface area contributed by atoms with Crippen LogP contribution in [0.3, 0.4) is 0 Å². The third-order valence-electron chi connectivity index (χ3n) is 8.27. The number of azo groups is 2. The smallest absolute Gasteiger partial charge is 0.258 e. The van der Waals surface area contributed by atoms with Crippen LogP contribution in [-0.2, 0) is 19.2 Å². The molecule has 0 heterocycles. The van der Waals surface area contributed by atoms with Crippen molar-refractivity contribution in [1.29, 1.82) is 0 Å². The van der Waals surface area contributed by atoms with Gasteiger partial charge in [0, 0.05) is 43.2 Å². The monoisotopic (exact) mass is 1000 g/mol. The Hall–Kier alpha value is -5.65. The number of ketones is 2. The zero-order chi connectivity index (χ0) is 46.8. The first-order valence-corrected chi connectivity index (χ1v) is 21.0. The molecule has 5 aromatic rings. The van der Waals surface area contributed by atoms with Crippen LogP contribution in [0.1, 0.15) is 41.5 Å². The van der Waals surface area contributed by atoms with Gasteiger partial charge in [0.25, 0.3) is 23.6 Å². The zero-order valence-electron chi connectivity index (χ0n) is 33.2. The topological polar surface area (TPSA) is 209 Å². The lowest BCUT2D eigenvalue weighted by atomic mass is 10.1. The molecule has 0 saturated heterocycles. The van der Waals surface area contributed by atoms with Crippen molar-refractivity contribution in [3.63, 3.8) is 0 Å². The average Bonchev–Trinajstić information content (AvgIpc) is 3.18. The lowest BCUT2D eigenvalue weighted by Gasteiger charge is -2.17. The summed E-state index contributed by atoms with van der Waals surface area (Å²) in [6, 6.07) is 17.9. The molecule has 3 atom stereocenters. The minimum atomic E-state index is -1.67. The van der Waals surface area contributed by atoms with E-state index in [1.165, 1.54) is 97.9 Å². The van der Waals surface area contributed by atoms with Crippen LogP contribution in [-0.4, -0.2) is 52.8 Å². The quantitative estimate of drug-likeness (QED) is 0.0426. The van der Waals surface area contributed by atoms with Gasteiger partial charge in [0.1, 0.15) is 5.75 Å². The van der Waals surface area contributed by atoms with E-state index in [2.05, 4.69) is 41.7 Å². The number of nitrogens with zero attached hydrogens (tertiary/aromatic N) is 4. The molecule has 0 spiro atoms. The van der Waals surface area contributed by atoms with E-state index in [9.17, 15) is 28.8 Å². The molecule has 4 amide bonds. The van der Waals surface area contributed by atoms with E-state index in [1.807, 2.05) is 0 Å². The van der Waals surface area contributed by atoms with Crippen molar-refractivity contribution in [3.8, 4) is 5.75 Å². The predicted molar refractivity (Wildman–Crippen MR) is 249 cm³/mol. The number of amides is 4. The van der Waals surface area contributed by atoms with Crippen LogP contribution in [0.5, 0.6) is 5.75 Å². The number of carbonyl (C=O) groups excluding carboxylic acids is 6. The summed E-state index contributed by atoms with van der Waals surface area (Å²) >= 11 is 42.8. The van der Waals surface area contributed by atoms with Gasteiger partial charge >= 0.3 is 0 Å². The molecule has 0 aliphatic carbocycles. The Morgan fingerprint density at radius 3 is 1.34 bits per heavy atom. The normalized spacial score (nSPS) is 12.6. The van der Waals surface area contributed by atoms with E-state index in [1.54, 1.807) is 0 Å². The third kappa shape index (κ3) is 13.9. The van der Waals surface area contributed by atoms with E-state index in [0.717, 1.165) is 13.8 Å². The van der Waals surface area contributed by atoms with Crippen LogP contribution < -0.4 is 26.0 Å². The number of hydrogen-bond donors (Lipinski definition) is 4. The summed E-state index contributed by atoms with van der Waals surface area (Å²) in [6.07, 6.45) is 0. The Labute approximate surface area is 399 Å². The molecule has 0 saturated carbocycles. The van der Waals surface area contributed by atoms with Gasteiger partial charge in [-0.2, -0.15) is 20.5 Å². The fourth-order valence-electron chi connectivity index (χ4n) is 5.42. The number of rotatable bonds is 16. The molecular weight excluding hydrogens is 977 g/mol. The van der Waals surface area contributed by atoms with Gasteiger partial charge in [-0.05, 0) is 106 Å². The highest BCUT2D eigenvalue weighted by Crippen LogP contribution is 2.32. The first-order valence-electron chi connectivity index (χ1n) is 18.3. The minimum Gasteiger partial charge on any atom is -0.473 e. The maximum Gasteiger partial charge on any atom is 0.258 e. The molecule has 5 rings (SSSR count). The van der Waals surface area contributed by atoms with Gasteiger partial charge in [-0.1, -0.05) is 81.2 Å². The summed E-state index contributed by atoms with van der Waals surface area (Å²) in [5, 5.41) is 27.6. The second-order valence-electron chi connectivity index (χ2n) is 13.4. The van der Waals surface area contributed by atoms with Crippen molar-refractivity contribution in [2.75, 3.05) is 21.3 Å². The summed E-state index contributed by atoms with van der Waals surface area (Å²) in [7, 11) is 0. The molecule has 5 aromatic carbocycles. The van der Waals surface area contributed by atoms with Crippen molar-refractivity contribution in [3.05, 3.63) is 132 Å². The molecule has 4 N–H and O–H groups in total. The lowest BCUT2D eigenvalue weighted by Crippen LogP contribution is -2.32. The summed E-state index contributed by atoms with van der Waals surface area (Å²) in [4.78, 5) is 78.1. The Morgan fingerprint density at radius 2 is 0.938 bits per heavy atom. The number of halogens is 7. The number of hydrogen-bond acceptors (Lipinski definition) is 11. The maximum absolute atomic E-state index is 13.5. The molecule has 330 valence electrons. The zero-order valence-corrected chi connectivity index (χ0v) is 38.5. The number of Topliss-reactive ketones (excluding diaryl/α,β-unsaturated/α-hetero) is 2. The van der Waals surface area contributed by atoms with Crippen LogP contribution in [0.15, 0.2) is 111 Å². The first kappa shape index (κ1) is 49.4. The number of ether oxygens (including phenoxy) is 1. The van der Waals surface area contributed by atoms with Crippen molar-refractivity contribution in [1.82, 2.24) is 0 Å². The van der Waals surface area contributed by atoms with Crippen LogP contribution in [0, 0.1) is 0 Å². The van der Waals surface area contributed by atoms with Crippen LogP contribution in [0.25, 0.3) is 0 Å². The largest absolute Gasteiger partial charge is 0.473 e. The molecule has 0 radical (unpaired) electrons. The standard InChI is InChI=1S/C42H31Cl7N8O7/c1-19(58)37(56-54-27-4-7-33(48)31(16-27)39(60)51-29-12-22(44)10-23(45)13-29)41(62)50-26-6-9-35(36(18-26)64-21(3)43)53-42(63)38(20(2)59)57-55-28-5-8-34(49)32(17-28)40(61)52-30-14-24(46)11-25(47)15-30/h4-18,21,37-38H,1-3H3,(H,50,62)(H,51,60)(H,52,61)(H,53,63). The second kappa shape index (κ2) is 22.3. The Morgan fingerprint density at radius 1 is 0.516 bits per heavy atom. The fraction of sp³-hybridized carbons (Fsp3) is 0.143. The van der Waals surface area contributed by atoms with Crippen LogP contribution >= 0.6 is 81.2 Å². The molecule has 64 heavy (non-hydrogen) atoms. The SMILES string of the molecule is CC(=O)C(N=Nc1ccc(Cl)c(C(=O)Nc2cc(Cl)cc(Cl)c2)c1)C(=O)Nc1ccc(NC(=O)C(N=Nc2ccc(Cl)c(C(=O)Nc3cc(Cl)cc(Cl)c3)c2)C(C)=O)c(OC(C)Cl)c1. The summed E-state index contributed by atoms with van der Waals surface area (Å²) < 4.78 is 5.67. The third-order valence-corrected chi connectivity index (χ3v) is 9.89. The summed E-state index contributed by atoms with van der Waals surface area (Å²) in [5.74, 6) is -4.46. The van der Waals surface area contributed by atoms with Crippen molar-refractivity contribution in [2.24, 2.45) is 20.5 Å². The summed E-state index contributed by atoms with van der Waals surface area (Å²) in [5.41, 5.74) is -0.0489. The molecule has 0 aliphatic heterocycles. The Bertz CT molecular complexity index is 2690. The summed E-state index contributed by atoms with van der Waals surface area (Å²) in [6.45, 7) is 3.75. The molecular formula is C42H31Cl7N8O7. The van der Waals surface area contributed by atoms with Gasteiger partial charge < -0.3 is 26.0 Å². The van der Waals surface area contributed by atoms with E-state index >= 15 is 0 Å². The maximum atomic E-state index is 13.5. The van der Waals surface area contributed by atoms with Gasteiger partial charge in [-0.25, -0.2) is 0 Å². The molecule has 0 fully saturated rings. The van der Waals surface area contributed by atoms with Gasteiger partial charge in [-0.15, -0.1) is 0 Å². The molecule has 0 bridgehead atoms. The fourth-order valence-corrected chi connectivity index (χ4v) is 6.98. The highest BCUT2D eigenvalue weighted by atomic mass is 35.5. The van der Waals surface area contributed by atoms with Gasteiger partial charge in [-0.3, -0.25) is 28.8 Å². The van der Waals surface area contributed by atoms with Crippen molar-refractivity contribution in [2.45, 2.75) is 38.4 Å². The lowest BCUT2D eigenvalue weighted by molar-refractivity contribution is -0.127. The number of carbonyl (C=O) groups is 6. The number of alkyl halides is 1. The Balaban J connectivity index is 1.29. The molecule has 15 nitrogen and oxygen atoms in total.